The first-order chi connectivity index (χ1) is 11.6. The highest BCUT2D eigenvalue weighted by Gasteiger charge is 2.27. The molecule has 1 amide bonds. The highest BCUT2D eigenvalue weighted by molar-refractivity contribution is 5.97. The molecule has 0 radical (unpaired) electrons. The van der Waals surface area contributed by atoms with Gasteiger partial charge in [0.25, 0.3) is 5.91 Å². The fourth-order valence-electron chi connectivity index (χ4n) is 3.24. The van der Waals surface area contributed by atoms with E-state index in [1.54, 1.807) is 0 Å². The standard InChI is InChI=1S/C19H25NO4/c21-18(22)10-9-14-4-3-11-20(12-14)19(23)16-5-1-2-6-17(16)24-13-15-7-8-15/h1-2,5-6,14-15H,3-4,7-13H2,(H,21,22). The molecule has 2 aliphatic rings. The summed E-state index contributed by atoms with van der Waals surface area (Å²) in [4.78, 5) is 25.5. The number of hydrogen-bond acceptors (Lipinski definition) is 3. The van der Waals surface area contributed by atoms with Gasteiger partial charge in [-0.25, -0.2) is 0 Å². The molecule has 0 bridgehead atoms. The van der Waals surface area contributed by atoms with Gasteiger partial charge in [-0.05, 0) is 56.1 Å². The smallest absolute Gasteiger partial charge is 0.303 e. The zero-order valence-electron chi connectivity index (χ0n) is 13.9. The van der Waals surface area contributed by atoms with Crippen molar-refractivity contribution in [3.8, 4) is 5.75 Å². The van der Waals surface area contributed by atoms with Gasteiger partial charge >= 0.3 is 5.97 Å². The number of benzene rings is 1. The molecule has 1 aliphatic heterocycles. The number of aliphatic carboxylic acids is 1. The molecule has 1 saturated carbocycles. The number of carbonyl (C=O) groups is 2. The molecule has 1 atom stereocenters. The summed E-state index contributed by atoms with van der Waals surface area (Å²) in [6.07, 6.45) is 5.17. The topological polar surface area (TPSA) is 66.8 Å². The fraction of sp³-hybridized carbons (Fsp3) is 0.579. The van der Waals surface area contributed by atoms with Crippen LogP contribution in [0.15, 0.2) is 24.3 Å². The minimum atomic E-state index is -0.766. The van der Waals surface area contributed by atoms with Gasteiger partial charge in [0.05, 0.1) is 12.2 Å². The van der Waals surface area contributed by atoms with Crippen LogP contribution in [0.1, 0.15) is 48.9 Å². The van der Waals surface area contributed by atoms with Gasteiger partial charge in [-0.15, -0.1) is 0 Å². The van der Waals surface area contributed by atoms with E-state index >= 15 is 0 Å². The van der Waals surface area contributed by atoms with Crippen LogP contribution in [0.4, 0.5) is 0 Å². The Hall–Kier alpha value is -2.04. The van der Waals surface area contributed by atoms with Crippen LogP contribution in [-0.4, -0.2) is 41.6 Å². The van der Waals surface area contributed by atoms with Crippen LogP contribution >= 0.6 is 0 Å². The molecule has 1 unspecified atom stereocenters. The Morgan fingerprint density at radius 2 is 1.96 bits per heavy atom. The summed E-state index contributed by atoms with van der Waals surface area (Å²) in [5.41, 5.74) is 0.622. The number of amides is 1. The Morgan fingerprint density at radius 3 is 2.71 bits per heavy atom. The molecule has 3 rings (SSSR count). The number of para-hydroxylation sites is 1. The average Bonchev–Trinajstić information content (AvgIpc) is 3.42. The molecule has 1 heterocycles. The third-order valence-electron chi connectivity index (χ3n) is 4.86. The molecule has 1 N–H and O–H groups in total. The largest absolute Gasteiger partial charge is 0.492 e. The van der Waals surface area contributed by atoms with Gasteiger partial charge in [0.15, 0.2) is 0 Å². The lowest BCUT2D eigenvalue weighted by Gasteiger charge is -2.33. The maximum absolute atomic E-state index is 12.9. The Labute approximate surface area is 142 Å². The Morgan fingerprint density at radius 1 is 1.17 bits per heavy atom. The maximum Gasteiger partial charge on any atom is 0.303 e. The number of piperidine rings is 1. The number of carbonyl (C=O) groups excluding carboxylic acids is 1. The van der Waals surface area contributed by atoms with E-state index < -0.39 is 5.97 Å². The zero-order chi connectivity index (χ0) is 16.9. The predicted octanol–water partition coefficient (Wildman–Crippen LogP) is 3.19. The number of likely N-dealkylation sites (tertiary alicyclic amines) is 1. The summed E-state index contributed by atoms with van der Waals surface area (Å²) < 4.78 is 5.85. The van der Waals surface area contributed by atoms with Crippen LogP contribution in [0.2, 0.25) is 0 Å². The fourth-order valence-corrected chi connectivity index (χ4v) is 3.24. The molecule has 1 saturated heterocycles. The Kier molecular flexibility index (Phi) is 5.38. The van der Waals surface area contributed by atoms with Crippen LogP contribution in [0, 0.1) is 11.8 Å². The summed E-state index contributed by atoms with van der Waals surface area (Å²) in [6.45, 7) is 2.06. The van der Waals surface area contributed by atoms with E-state index in [9.17, 15) is 9.59 Å². The van der Waals surface area contributed by atoms with E-state index in [1.807, 2.05) is 29.2 Å². The lowest BCUT2D eigenvalue weighted by atomic mass is 9.93. The Bertz CT molecular complexity index is 597. The predicted molar refractivity (Wildman–Crippen MR) is 90.2 cm³/mol. The van der Waals surface area contributed by atoms with Crippen molar-refractivity contribution < 1.29 is 19.4 Å². The van der Waals surface area contributed by atoms with Crippen LogP contribution in [-0.2, 0) is 4.79 Å². The molecule has 1 aliphatic carbocycles. The van der Waals surface area contributed by atoms with Crippen molar-refractivity contribution in [2.24, 2.45) is 11.8 Å². The first kappa shape index (κ1) is 16.8. The van der Waals surface area contributed by atoms with Crippen LogP contribution in [0.3, 0.4) is 0 Å². The van der Waals surface area contributed by atoms with Crippen molar-refractivity contribution in [3.05, 3.63) is 29.8 Å². The normalized spacial score (nSPS) is 20.7. The number of ether oxygens (including phenoxy) is 1. The Balaban J connectivity index is 1.63. The monoisotopic (exact) mass is 331 g/mol. The van der Waals surface area contributed by atoms with Crippen molar-refractivity contribution >= 4 is 11.9 Å². The number of rotatable bonds is 7. The number of hydrogen-bond donors (Lipinski definition) is 1. The van der Waals surface area contributed by atoms with Crippen LogP contribution in [0.25, 0.3) is 0 Å². The van der Waals surface area contributed by atoms with Gasteiger partial charge < -0.3 is 14.7 Å². The lowest BCUT2D eigenvalue weighted by Crippen LogP contribution is -2.40. The second-order valence-corrected chi connectivity index (χ2v) is 6.94. The molecule has 0 spiro atoms. The van der Waals surface area contributed by atoms with Crippen molar-refractivity contribution in [2.75, 3.05) is 19.7 Å². The summed E-state index contributed by atoms with van der Waals surface area (Å²) in [5.74, 6) is 0.822. The van der Waals surface area contributed by atoms with E-state index in [0.29, 0.717) is 36.8 Å². The first-order valence-electron chi connectivity index (χ1n) is 8.86. The minimum absolute atomic E-state index is 0.00132. The van der Waals surface area contributed by atoms with Gasteiger partial charge in [0.1, 0.15) is 5.75 Å². The summed E-state index contributed by atoms with van der Waals surface area (Å²) in [7, 11) is 0. The van der Waals surface area contributed by atoms with Gasteiger partial charge in [-0.1, -0.05) is 12.1 Å². The lowest BCUT2D eigenvalue weighted by molar-refractivity contribution is -0.137. The van der Waals surface area contributed by atoms with Crippen LogP contribution < -0.4 is 4.74 Å². The quantitative estimate of drug-likeness (QED) is 0.833. The maximum atomic E-state index is 12.9. The van der Waals surface area contributed by atoms with E-state index in [0.717, 1.165) is 19.4 Å². The van der Waals surface area contributed by atoms with Gasteiger partial charge in [0.2, 0.25) is 0 Å². The molecule has 5 heteroatoms. The number of nitrogens with zero attached hydrogens (tertiary/aromatic N) is 1. The molecular formula is C19H25NO4. The molecule has 130 valence electrons. The molecule has 5 nitrogen and oxygen atoms in total. The highest BCUT2D eigenvalue weighted by atomic mass is 16.5. The number of carboxylic acid groups (broad SMARTS) is 1. The van der Waals surface area contributed by atoms with Gasteiger partial charge in [-0.3, -0.25) is 9.59 Å². The third-order valence-corrected chi connectivity index (χ3v) is 4.86. The van der Waals surface area contributed by atoms with E-state index in [-0.39, 0.29) is 18.2 Å². The molecular weight excluding hydrogens is 306 g/mol. The minimum Gasteiger partial charge on any atom is -0.492 e. The summed E-state index contributed by atoms with van der Waals surface area (Å²) >= 11 is 0. The molecule has 24 heavy (non-hydrogen) atoms. The van der Waals surface area contributed by atoms with Crippen molar-refractivity contribution in [1.29, 1.82) is 0 Å². The highest BCUT2D eigenvalue weighted by Crippen LogP contribution is 2.31. The molecule has 0 aromatic heterocycles. The second kappa shape index (κ2) is 7.69. The van der Waals surface area contributed by atoms with E-state index in [2.05, 4.69) is 0 Å². The molecule has 2 fully saturated rings. The SMILES string of the molecule is O=C(O)CCC1CCCN(C(=O)c2ccccc2OCC2CC2)C1. The van der Waals surface area contributed by atoms with Gasteiger partial charge in [0, 0.05) is 19.5 Å². The third kappa shape index (κ3) is 4.49. The molecule has 1 aromatic rings. The number of carboxylic acids is 1. The first-order valence-corrected chi connectivity index (χ1v) is 8.86. The van der Waals surface area contributed by atoms with Crippen molar-refractivity contribution in [2.45, 2.75) is 38.5 Å². The van der Waals surface area contributed by atoms with E-state index in [4.69, 9.17) is 9.84 Å². The zero-order valence-corrected chi connectivity index (χ0v) is 13.9. The van der Waals surface area contributed by atoms with Crippen LogP contribution in [0.5, 0.6) is 5.75 Å². The molecule has 1 aromatic carbocycles. The van der Waals surface area contributed by atoms with Crippen molar-refractivity contribution in [3.63, 3.8) is 0 Å². The van der Waals surface area contributed by atoms with E-state index in [1.165, 1.54) is 12.8 Å². The summed E-state index contributed by atoms with van der Waals surface area (Å²) in [5, 5.41) is 8.85. The average molecular weight is 331 g/mol. The second-order valence-electron chi connectivity index (χ2n) is 6.94. The summed E-state index contributed by atoms with van der Waals surface area (Å²) in [6, 6.07) is 7.45. The van der Waals surface area contributed by atoms with Crippen molar-refractivity contribution in [1.82, 2.24) is 4.90 Å². The van der Waals surface area contributed by atoms with Gasteiger partial charge in [-0.2, -0.15) is 0 Å².